The van der Waals surface area contributed by atoms with Crippen molar-refractivity contribution in [2.45, 2.75) is 194 Å². The molecule has 0 radical (unpaired) electrons. The number of hydrogen-bond acceptors (Lipinski definition) is 6. The number of carbonyl (C=O) groups is 3. The first-order valence-electron chi connectivity index (χ1n) is 22.1. The summed E-state index contributed by atoms with van der Waals surface area (Å²) in [5.41, 5.74) is 0. The molecule has 0 aliphatic rings. The van der Waals surface area contributed by atoms with Gasteiger partial charge in [0.05, 0.1) is 0 Å². The molecule has 312 valence electrons. The lowest BCUT2D eigenvalue weighted by Crippen LogP contribution is -2.30. The van der Waals surface area contributed by atoms with E-state index in [1.807, 2.05) is 0 Å². The van der Waals surface area contributed by atoms with Crippen LogP contribution in [0.15, 0.2) is 85.1 Å². The maximum absolute atomic E-state index is 12.7. The summed E-state index contributed by atoms with van der Waals surface area (Å²) in [6.07, 6.45) is 54.3. The van der Waals surface area contributed by atoms with Gasteiger partial charge in [-0.05, 0) is 96.3 Å². The summed E-state index contributed by atoms with van der Waals surface area (Å²) >= 11 is 0. The summed E-state index contributed by atoms with van der Waals surface area (Å²) in [5.74, 6) is -1.00. The third-order valence-electron chi connectivity index (χ3n) is 8.86. The van der Waals surface area contributed by atoms with Crippen LogP contribution in [0.3, 0.4) is 0 Å². The molecule has 0 saturated heterocycles. The van der Waals surface area contributed by atoms with Crippen LogP contribution in [-0.2, 0) is 28.6 Å². The summed E-state index contributed by atoms with van der Waals surface area (Å²) in [5, 5.41) is 0. The van der Waals surface area contributed by atoms with Crippen LogP contribution in [0.5, 0.6) is 0 Å². The second kappa shape index (κ2) is 43.3. The van der Waals surface area contributed by atoms with Crippen LogP contribution < -0.4 is 0 Å². The molecule has 0 aromatic heterocycles. The Bertz CT molecular complexity index is 1110. The van der Waals surface area contributed by atoms with Gasteiger partial charge in [-0.3, -0.25) is 14.4 Å². The Morgan fingerprint density at radius 3 is 1.18 bits per heavy atom. The van der Waals surface area contributed by atoms with Crippen molar-refractivity contribution in [2.24, 2.45) is 0 Å². The van der Waals surface area contributed by atoms with Crippen molar-refractivity contribution in [3.05, 3.63) is 85.1 Å². The smallest absolute Gasteiger partial charge is 0.306 e. The van der Waals surface area contributed by atoms with Gasteiger partial charge in [0, 0.05) is 19.3 Å². The van der Waals surface area contributed by atoms with Crippen LogP contribution in [0.1, 0.15) is 188 Å². The second-order valence-corrected chi connectivity index (χ2v) is 14.2. The van der Waals surface area contributed by atoms with E-state index in [0.29, 0.717) is 19.3 Å². The van der Waals surface area contributed by atoms with Gasteiger partial charge in [0.15, 0.2) is 6.10 Å². The second-order valence-electron chi connectivity index (χ2n) is 14.2. The van der Waals surface area contributed by atoms with Crippen molar-refractivity contribution >= 4 is 17.9 Å². The zero-order valence-corrected chi connectivity index (χ0v) is 35.4. The first-order valence-corrected chi connectivity index (χ1v) is 22.1. The highest BCUT2D eigenvalue weighted by atomic mass is 16.6. The molecule has 0 fully saturated rings. The van der Waals surface area contributed by atoms with E-state index in [9.17, 15) is 14.4 Å². The number of esters is 3. The third kappa shape index (κ3) is 41.6. The number of carbonyl (C=O) groups excluding carboxylic acids is 3. The predicted molar refractivity (Wildman–Crippen MR) is 233 cm³/mol. The molecule has 0 rings (SSSR count). The first kappa shape index (κ1) is 51.6. The standard InChI is InChI=1S/C49H80O6/c1-4-7-10-13-16-19-22-23-24-25-26-28-30-33-36-39-42-48(51)54-45-46(44-53-47(50)41-38-35-32-29-21-18-15-12-9-6-3)55-49(52)43-40-37-34-31-27-20-17-14-11-8-5-2/h7-8,10-11,15-20,23-24,31,34,46H,4-6,9,12-14,21-22,25-30,32-33,35-45H2,1-3H3/b10-7-,11-8-,18-15-,19-16-,20-17-,24-23-,34-31-. The predicted octanol–water partition coefficient (Wildman–Crippen LogP) is 14.1. The zero-order chi connectivity index (χ0) is 40.1. The Labute approximate surface area is 337 Å². The van der Waals surface area contributed by atoms with Crippen molar-refractivity contribution in [2.75, 3.05) is 13.2 Å². The van der Waals surface area contributed by atoms with E-state index in [0.717, 1.165) is 116 Å². The molecule has 0 saturated carbocycles. The van der Waals surface area contributed by atoms with Crippen LogP contribution in [-0.4, -0.2) is 37.2 Å². The van der Waals surface area contributed by atoms with Gasteiger partial charge in [-0.1, -0.05) is 157 Å². The monoisotopic (exact) mass is 765 g/mol. The fraction of sp³-hybridized carbons (Fsp3) is 0.653. The third-order valence-corrected chi connectivity index (χ3v) is 8.86. The number of ether oxygens (including phenoxy) is 3. The Hall–Kier alpha value is -3.41. The van der Waals surface area contributed by atoms with Crippen molar-refractivity contribution in [3.8, 4) is 0 Å². The van der Waals surface area contributed by atoms with Gasteiger partial charge in [-0.15, -0.1) is 0 Å². The molecule has 0 aliphatic carbocycles. The lowest BCUT2D eigenvalue weighted by atomic mass is 10.1. The minimum absolute atomic E-state index is 0.109. The first-order chi connectivity index (χ1) is 27.0. The number of rotatable bonds is 38. The fourth-order valence-corrected chi connectivity index (χ4v) is 5.58. The van der Waals surface area contributed by atoms with E-state index in [4.69, 9.17) is 14.2 Å². The van der Waals surface area contributed by atoms with Crippen molar-refractivity contribution < 1.29 is 28.6 Å². The Morgan fingerprint density at radius 1 is 0.382 bits per heavy atom. The summed E-state index contributed by atoms with van der Waals surface area (Å²) in [6, 6.07) is 0. The molecule has 6 heteroatoms. The maximum Gasteiger partial charge on any atom is 0.306 e. The van der Waals surface area contributed by atoms with E-state index in [-0.39, 0.29) is 37.5 Å². The highest BCUT2D eigenvalue weighted by Gasteiger charge is 2.19. The summed E-state index contributed by atoms with van der Waals surface area (Å²) in [7, 11) is 0. The fourth-order valence-electron chi connectivity index (χ4n) is 5.58. The molecule has 0 N–H and O–H groups in total. The largest absolute Gasteiger partial charge is 0.462 e. The van der Waals surface area contributed by atoms with E-state index >= 15 is 0 Å². The Morgan fingerprint density at radius 2 is 0.727 bits per heavy atom. The molecule has 6 nitrogen and oxygen atoms in total. The Kier molecular flexibility index (Phi) is 40.6. The zero-order valence-electron chi connectivity index (χ0n) is 35.4. The summed E-state index contributed by atoms with van der Waals surface area (Å²) < 4.78 is 16.6. The number of hydrogen-bond donors (Lipinski definition) is 0. The lowest BCUT2D eigenvalue weighted by Gasteiger charge is -2.18. The maximum atomic E-state index is 12.7. The molecule has 0 aromatic carbocycles. The molecule has 1 unspecified atom stereocenters. The average molecular weight is 765 g/mol. The minimum atomic E-state index is -0.810. The van der Waals surface area contributed by atoms with Crippen LogP contribution >= 0.6 is 0 Å². The van der Waals surface area contributed by atoms with Gasteiger partial charge in [-0.2, -0.15) is 0 Å². The average Bonchev–Trinajstić information content (AvgIpc) is 3.18. The van der Waals surface area contributed by atoms with Crippen molar-refractivity contribution in [3.63, 3.8) is 0 Å². The van der Waals surface area contributed by atoms with E-state index in [1.165, 1.54) is 25.7 Å². The van der Waals surface area contributed by atoms with Crippen molar-refractivity contribution in [1.29, 1.82) is 0 Å². The highest BCUT2D eigenvalue weighted by molar-refractivity contribution is 5.71. The summed E-state index contributed by atoms with van der Waals surface area (Å²) in [6.45, 7) is 6.26. The number of allylic oxidation sites excluding steroid dienone is 14. The van der Waals surface area contributed by atoms with E-state index < -0.39 is 6.10 Å². The molecule has 0 spiro atoms. The molecule has 1 atom stereocenters. The van der Waals surface area contributed by atoms with Crippen molar-refractivity contribution in [1.82, 2.24) is 0 Å². The van der Waals surface area contributed by atoms with Gasteiger partial charge < -0.3 is 14.2 Å². The number of unbranched alkanes of at least 4 members (excludes halogenated alkanes) is 13. The molecule has 55 heavy (non-hydrogen) atoms. The minimum Gasteiger partial charge on any atom is -0.462 e. The van der Waals surface area contributed by atoms with Gasteiger partial charge >= 0.3 is 17.9 Å². The molecule has 0 aliphatic heterocycles. The van der Waals surface area contributed by atoms with Crippen LogP contribution in [0.2, 0.25) is 0 Å². The quantitative estimate of drug-likeness (QED) is 0.0270. The van der Waals surface area contributed by atoms with Gasteiger partial charge in [-0.25, -0.2) is 0 Å². The molecule has 0 amide bonds. The normalized spacial score (nSPS) is 12.9. The molecular weight excluding hydrogens is 685 g/mol. The van der Waals surface area contributed by atoms with E-state index in [1.54, 1.807) is 0 Å². The summed E-state index contributed by atoms with van der Waals surface area (Å²) in [4.78, 5) is 37.6. The van der Waals surface area contributed by atoms with Gasteiger partial charge in [0.25, 0.3) is 0 Å². The van der Waals surface area contributed by atoms with E-state index in [2.05, 4.69) is 106 Å². The van der Waals surface area contributed by atoms with Crippen LogP contribution in [0.25, 0.3) is 0 Å². The molecular formula is C49H80O6. The van der Waals surface area contributed by atoms with Gasteiger partial charge in [0.1, 0.15) is 13.2 Å². The molecule has 0 bridgehead atoms. The SMILES string of the molecule is CC/C=C\C/C=C\C/C=C\CCCCCCCCC(=O)OCC(COC(=O)CCCCCC/C=C\CCCC)OC(=O)CCC/C=C\C/C=C\C/C=C\CC. The topological polar surface area (TPSA) is 78.9 Å². The molecule has 0 heterocycles. The lowest BCUT2D eigenvalue weighted by molar-refractivity contribution is -0.167. The van der Waals surface area contributed by atoms with Crippen LogP contribution in [0.4, 0.5) is 0 Å². The van der Waals surface area contributed by atoms with Gasteiger partial charge in [0.2, 0.25) is 0 Å². The van der Waals surface area contributed by atoms with Crippen LogP contribution in [0, 0.1) is 0 Å². The highest BCUT2D eigenvalue weighted by Crippen LogP contribution is 2.12. The molecule has 0 aromatic rings. The Balaban J connectivity index is 4.45.